The molecule has 4 nitrogen and oxygen atoms in total. The van der Waals surface area contributed by atoms with Gasteiger partial charge in [0.05, 0.1) is 6.10 Å². The first-order chi connectivity index (χ1) is 8.13. The van der Waals surface area contributed by atoms with Crippen LogP contribution >= 0.6 is 0 Å². The van der Waals surface area contributed by atoms with E-state index in [4.69, 9.17) is 4.74 Å². The van der Waals surface area contributed by atoms with E-state index >= 15 is 0 Å². The highest BCUT2D eigenvalue weighted by Gasteiger charge is 2.41. The largest absolute Gasteiger partial charge is 0.480 e. The molecule has 2 aliphatic rings. The molecule has 0 aromatic heterocycles. The number of likely N-dealkylation sites (tertiary alicyclic amines) is 1. The zero-order valence-electron chi connectivity index (χ0n) is 10.8. The molecule has 0 amide bonds. The topological polar surface area (TPSA) is 49.8 Å². The Morgan fingerprint density at radius 2 is 2.24 bits per heavy atom. The lowest BCUT2D eigenvalue weighted by molar-refractivity contribution is -0.145. The first-order valence-corrected chi connectivity index (χ1v) is 6.73. The zero-order valence-corrected chi connectivity index (χ0v) is 10.8. The third-order valence-corrected chi connectivity index (χ3v) is 4.26. The van der Waals surface area contributed by atoms with Gasteiger partial charge in [-0.1, -0.05) is 13.8 Å². The van der Waals surface area contributed by atoms with Gasteiger partial charge in [0.15, 0.2) is 0 Å². The summed E-state index contributed by atoms with van der Waals surface area (Å²) >= 11 is 0. The van der Waals surface area contributed by atoms with Gasteiger partial charge in [-0.2, -0.15) is 0 Å². The molecule has 4 heteroatoms. The van der Waals surface area contributed by atoms with Crippen molar-refractivity contribution in [3.05, 3.63) is 0 Å². The third-order valence-electron chi connectivity index (χ3n) is 4.26. The van der Waals surface area contributed by atoms with Gasteiger partial charge in [-0.3, -0.25) is 9.69 Å². The number of carboxylic acids is 1. The van der Waals surface area contributed by atoms with Crippen molar-refractivity contribution in [2.24, 2.45) is 5.92 Å². The standard InChI is InChI=1S/C13H23NO3/c1-3-11-8-10(5-7-17-11)14-6-4-9(2)12(14)13(15)16/h9-12H,3-8H2,1-2H3,(H,15,16). The number of nitrogens with zero attached hydrogens (tertiary/aromatic N) is 1. The lowest BCUT2D eigenvalue weighted by Crippen LogP contribution is -2.48. The summed E-state index contributed by atoms with van der Waals surface area (Å²) < 4.78 is 5.67. The quantitative estimate of drug-likeness (QED) is 0.817. The van der Waals surface area contributed by atoms with Gasteiger partial charge in [-0.15, -0.1) is 0 Å². The lowest BCUT2D eigenvalue weighted by Gasteiger charge is -2.37. The second-order valence-corrected chi connectivity index (χ2v) is 5.37. The number of hydrogen-bond donors (Lipinski definition) is 1. The van der Waals surface area contributed by atoms with Crippen LogP contribution in [0.3, 0.4) is 0 Å². The Hall–Kier alpha value is -0.610. The number of ether oxygens (including phenoxy) is 1. The van der Waals surface area contributed by atoms with E-state index in [1.165, 1.54) is 0 Å². The van der Waals surface area contributed by atoms with Crippen LogP contribution in [0.25, 0.3) is 0 Å². The average molecular weight is 241 g/mol. The maximum Gasteiger partial charge on any atom is 0.321 e. The average Bonchev–Trinajstić information content (AvgIpc) is 2.71. The van der Waals surface area contributed by atoms with Crippen LogP contribution in [-0.2, 0) is 9.53 Å². The van der Waals surface area contributed by atoms with Crippen LogP contribution in [0.5, 0.6) is 0 Å². The minimum absolute atomic E-state index is 0.274. The van der Waals surface area contributed by atoms with E-state index in [1.807, 2.05) is 0 Å². The predicted molar refractivity (Wildman–Crippen MR) is 65.0 cm³/mol. The van der Waals surface area contributed by atoms with Gasteiger partial charge in [0.2, 0.25) is 0 Å². The summed E-state index contributed by atoms with van der Waals surface area (Å²) in [5.41, 5.74) is 0. The summed E-state index contributed by atoms with van der Waals surface area (Å²) in [5.74, 6) is -0.384. The summed E-state index contributed by atoms with van der Waals surface area (Å²) in [6.07, 6.45) is 4.32. The highest BCUT2D eigenvalue weighted by atomic mass is 16.5. The maximum absolute atomic E-state index is 11.3. The summed E-state index contributed by atoms with van der Waals surface area (Å²) in [6.45, 7) is 5.89. The molecule has 2 aliphatic heterocycles. The van der Waals surface area contributed by atoms with E-state index < -0.39 is 5.97 Å². The highest BCUT2D eigenvalue weighted by Crippen LogP contribution is 2.31. The van der Waals surface area contributed by atoms with E-state index in [0.717, 1.165) is 38.8 Å². The van der Waals surface area contributed by atoms with Crippen molar-refractivity contribution >= 4 is 5.97 Å². The van der Waals surface area contributed by atoms with E-state index in [9.17, 15) is 9.90 Å². The molecule has 2 heterocycles. The van der Waals surface area contributed by atoms with Crippen molar-refractivity contribution in [1.29, 1.82) is 0 Å². The van der Waals surface area contributed by atoms with Crippen LogP contribution in [0.2, 0.25) is 0 Å². The van der Waals surface area contributed by atoms with Crippen LogP contribution < -0.4 is 0 Å². The van der Waals surface area contributed by atoms with Gasteiger partial charge >= 0.3 is 5.97 Å². The first-order valence-electron chi connectivity index (χ1n) is 6.73. The summed E-state index contributed by atoms with van der Waals surface area (Å²) in [7, 11) is 0. The predicted octanol–water partition coefficient (Wildman–Crippen LogP) is 1.74. The van der Waals surface area contributed by atoms with Gasteiger partial charge < -0.3 is 9.84 Å². The SMILES string of the molecule is CCC1CC(N2CCC(C)C2C(=O)O)CCO1. The molecule has 17 heavy (non-hydrogen) atoms. The Morgan fingerprint density at radius 3 is 2.88 bits per heavy atom. The fraction of sp³-hybridized carbons (Fsp3) is 0.923. The van der Waals surface area contributed by atoms with E-state index in [1.54, 1.807) is 0 Å². The summed E-state index contributed by atoms with van der Waals surface area (Å²) in [4.78, 5) is 13.5. The molecule has 4 unspecified atom stereocenters. The zero-order chi connectivity index (χ0) is 12.4. The van der Waals surface area contributed by atoms with Gasteiger partial charge in [0.25, 0.3) is 0 Å². The lowest BCUT2D eigenvalue weighted by atomic mass is 9.97. The Kier molecular flexibility index (Phi) is 4.05. The van der Waals surface area contributed by atoms with Crippen molar-refractivity contribution in [3.63, 3.8) is 0 Å². The Balaban J connectivity index is 2.03. The van der Waals surface area contributed by atoms with Crippen LogP contribution in [0.15, 0.2) is 0 Å². The van der Waals surface area contributed by atoms with Crippen molar-refractivity contribution in [2.45, 2.75) is 57.7 Å². The Labute approximate surface area is 103 Å². The van der Waals surface area contributed by atoms with Gasteiger partial charge in [-0.05, 0) is 38.1 Å². The number of carboxylic acid groups (broad SMARTS) is 1. The number of carbonyl (C=O) groups is 1. The van der Waals surface area contributed by atoms with Crippen molar-refractivity contribution < 1.29 is 14.6 Å². The number of rotatable bonds is 3. The van der Waals surface area contributed by atoms with Gasteiger partial charge in [0.1, 0.15) is 6.04 Å². The third kappa shape index (κ3) is 2.63. The smallest absolute Gasteiger partial charge is 0.321 e. The van der Waals surface area contributed by atoms with E-state index in [-0.39, 0.29) is 12.0 Å². The molecule has 0 radical (unpaired) electrons. The molecule has 2 saturated heterocycles. The fourth-order valence-corrected chi connectivity index (χ4v) is 3.22. The fourth-order valence-electron chi connectivity index (χ4n) is 3.22. The van der Waals surface area contributed by atoms with Crippen LogP contribution in [0, 0.1) is 5.92 Å². The van der Waals surface area contributed by atoms with E-state index in [2.05, 4.69) is 18.7 Å². The molecule has 0 saturated carbocycles. The van der Waals surface area contributed by atoms with Crippen molar-refractivity contribution in [1.82, 2.24) is 4.90 Å². The molecule has 0 aromatic carbocycles. The first kappa shape index (κ1) is 12.8. The molecule has 0 bridgehead atoms. The van der Waals surface area contributed by atoms with Gasteiger partial charge in [-0.25, -0.2) is 0 Å². The normalized spacial score (nSPS) is 39.4. The van der Waals surface area contributed by atoms with Crippen LogP contribution in [-0.4, -0.2) is 47.3 Å². The molecule has 0 aromatic rings. The van der Waals surface area contributed by atoms with Gasteiger partial charge in [0, 0.05) is 12.6 Å². The Morgan fingerprint density at radius 1 is 1.47 bits per heavy atom. The monoisotopic (exact) mass is 241 g/mol. The number of aliphatic carboxylic acids is 1. The maximum atomic E-state index is 11.3. The molecule has 4 atom stereocenters. The second-order valence-electron chi connectivity index (χ2n) is 5.37. The molecule has 0 spiro atoms. The van der Waals surface area contributed by atoms with Crippen molar-refractivity contribution in [3.8, 4) is 0 Å². The minimum atomic E-state index is -0.658. The molecule has 0 aliphatic carbocycles. The molecule has 98 valence electrons. The van der Waals surface area contributed by atoms with Crippen LogP contribution in [0.1, 0.15) is 39.5 Å². The van der Waals surface area contributed by atoms with Crippen molar-refractivity contribution in [2.75, 3.05) is 13.2 Å². The molecular weight excluding hydrogens is 218 g/mol. The van der Waals surface area contributed by atoms with Crippen LogP contribution in [0.4, 0.5) is 0 Å². The van der Waals surface area contributed by atoms with E-state index in [0.29, 0.717) is 12.1 Å². The minimum Gasteiger partial charge on any atom is -0.480 e. The summed E-state index contributed by atoms with van der Waals surface area (Å²) in [6, 6.07) is 0.121. The molecule has 1 N–H and O–H groups in total. The molecule has 2 rings (SSSR count). The Bertz CT molecular complexity index is 282. The molecule has 2 fully saturated rings. The summed E-state index contributed by atoms with van der Waals surface area (Å²) in [5, 5.41) is 9.33. The number of hydrogen-bond acceptors (Lipinski definition) is 3. The molecular formula is C13H23NO3. The second kappa shape index (κ2) is 5.36. The highest BCUT2D eigenvalue weighted by molar-refractivity contribution is 5.74.